The summed E-state index contributed by atoms with van der Waals surface area (Å²) in [6, 6.07) is 0. The van der Waals surface area contributed by atoms with E-state index >= 15 is 0 Å². The van der Waals surface area contributed by atoms with Crippen molar-refractivity contribution in [2.24, 2.45) is 46.7 Å². The topological polar surface area (TPSA) is 201 Å². The maximum atomic E-state index is 14.3. The minimum absolute atomic E-state index is 0.0273. The second-order valence-electron chi connectivity index (χ2n) is 15.1. The number of hydrogen-bond acceptors (Lipinski definition) is 12. The lowest BCUT2D eigenvalue weighted by atomic mass is 9.53. The molecule has 6 aliphatic rings. The van der Waals surface area contributed by atoms with Crippen LogP contribution >= 0.6 is 0 Å². The van der Waals surface area contributed by atoms with Gasteiger partial charge in [-0.25, -0.2) is 0 Å². The van der Waals surface area contributed by atoms with Crippen molar-refractivity contribution < 1.29 is 49.3 Å². The fraction of sp³-hybridized carbons (Fsp3) is 0.939. The molecule has 6 rings (SSSR count). The van der Waals surface area contributed by atoms with E-state index in [1.165, 1.54) is 19.3 Å². The molecule has 15 atom stereocenters. The van der Waals surface area contributed by atoms with E-state index in [1.807, 2.05) is 0 Å². The number of rotatable bonds is 7. The van der Waals surface area contributed by atoms with Gasteiger partial charge in [0.1, 0.15) is 36.0 Å². The van der Waals surface area contributed by atoms with Crippen LogP contribution in [0.25, 0.3) is 0 Å². The number of carbonyl (C=O) groups excluding carboxylic acids is 2. The highest BCUT2D eigenvalue weighted by atomic mass is 16.7. The Hall–Kier alpha value is -1.06. The third kappa shape index (κ3) is 6.41. The highest BCUT2D eigenvalue weighted by Gasteiger charge is 2.60. The van der Waals surface area contributed by atoms with Gasteiger partial charge in [-0.2, -0.15) is 0 Å². The van der Waals surface area contributed by atoms with Crippen LogP contribution in [0.4, 0.5) is 0 Å². The molecule has 0 aromatic heterocycles. The summed E-state index contributed by atoms with van der Waals surface area (Å²) in [6.07, 6.45) is 1.07. The van der Waals surface area contributed by atoms with Gasteiger partial charge >= 0.3 is 0 Å². The highest BCUT2D eigenvalue weighted by Crippen LogP contribution is 2.55. The number of aliphatic hydroxyl groups excluding tert-OH is 5. The quantitative estimate of drug-likeness (QED) is 0.197. The number of piperidine rings is 1. The summed E-state index contributed by atoms with van der Waals surface area (Å²) in [7, 11) is 1.55. The van der Waals surface area contributed by atoms with Gasteiger partial charge in [0, 0.05) is 25.4 Å². The van der Waals surface area contributed by atoms with E-state index < -0.39 is 73.2 Å². The lowest BCUT2D eigenvalue weighted by Crippen LogP contribution is -2.63. The van der Waals surface area contributed by atoms with Crippen molar-refractivity contribution in [3.8, 4) is 0 Å². The largest absolute Gasteiger partial charge is 0.394 e. The molecule has 0 bridgehead atoms. The smallest absolute Gasteiger partial charge is 0.186 e. The summed E-state index contributed by atoms with van der Waals surface area (Å²) in [5.41, 5.74) is 6.31. The molecule has 0 radical (unpaired) electrons. The summed E-state index contributed by atoms with van der Waals surface area (Å²) in [4.78, 5) is 28.6. The molecule has 10 unspecified atom stereocenters. The SMILES string of the molecule is COC1CC(O[C@H]2O[C@H](CO)[C@@H](O)[C@H](O)[C@H]2O)C2C(=O)C3C(O)CC(CC4(C5CCC(N)NC5)CCCCC4)CC3C(=O)C2C1. The van der Waals surface area contributed by atoms with Gasteiger partial charge in [0.25, 0.3) is 0 Å². The second kappa shape index (κ2) is 13.8. The number of aliphatic hydroxyl groups is 5. The van der Waals surface area contributed by atoms with E-state index in [0.29, 0.717) is 25.2 Å². The summed E-state index contributed by atoms with van der Waals surface area (Å²) in [6.45, 7) is 0.292. The average molecular weight is 639 g/mol. The molecule has 45 heavy (non-hydrogen) atoms. The van der Waals surface area contributed by atoms with Gasteiger partial charge in [0.2, 0.25) is 0 Å². The molecule has 2 heterocycles. The Morgan fingerprint density at radius 1 is 0.911 bits per heavy atom. The van der Waals surface area contributed by atoms with Crippen molar-refractivity contribution in [3.63, 3.8) is 0 Å². The van der Waals surface area contributed by atoms with Crippen LogP contribution in [-0.2, 0) is 23.8 Å². The van der Waals surface area contributed by atoms with E-state index in [4.69, 9.17) is 19.9 Å². The zero-order chi connectivity index (χ0) is 32.0. The molecule has 6 fully saturated rings. The van der Waals surface area contributed by atoms with E-state index in [2.05, 4.69) is 5.32 Å². The monoisotopic (exact) mass is 638 g/mol. The highest BCUT2D eigenvalue weighted by molar-refractivity contribution is 6.00. The fourth-order valence-electron chi connectivity index (χ4n) is 10.3. The van der Waals surface area contributed by atoms with Crippen molar-refractivity contribution in [1.29, 1.82) is 0 Å². The first-order valence-electron chi connectivity index (χ1n) is 17.3. The molecule has 4 aliphatic carbocycles. The van der Waals surface area contributed by atoms with Gasteiger partial charge < -0.3 is 50.8 Å². The van der Waals surface area contributed by atoms with Crippen molar-refractivity contribution in [2.45, 2.75) is 132 Å². The van der Waals surface area contributed by atoms with Gasteiger partial charge in [-0.1, -0.05) is 19.3 Å². The molecule has 0 spiro atoms. The number of fused-ring (bicyclic) bond motifs is 2. The number of hydrogen-bond donors (Lipinski definition) is 7. The molecular formula is C33H54N2O10. The Morgan fingerprint density at radius 2 is 1.64 bits per heavy atom. The Labute approximate surface area is 265 Å². The molecule has 4 saturated carbocycles. The lowest BCUT2D eigenvalue weighted by molar-refractivity contribution is -0.319. The first kappa shape index (κ1) is 33.8. The molecule has 8 N–H and O–H groups in total. The van der Waals surface area contributed by atoms with Crippen molar-refractivity contribution in [2.75, 3.05) is 20.3 Å². The first-order valence-corrected chi connectivity index (χ1v) is 17.3. The summed E-state index contributed by atoms with van der Waals surface area (Å²) < 4.78 is 17.4. The van der Waals surface area contributed by atoms with E-state index in [9.17, 15) is 35.1 Å². The zero-order valence-corrected chi connectivity index (χ0v) is 26.4. The Morgan fingerprint density at radius 3 is 2.31 bits per heavy atom. The van der Waals surface area contributed by atoms with E-state index in [0.717, 1.165) is 38.6 Å². The number of methoxy groups -OCH3 is 1. The summed E-state index contributed by atoms with van der Waals surface area (Å²) in [5.74, 6) is -2.45. The number of ketones is 2. The number of carbonyl (C=O) groups is 2. The molecule has 0 aromatic carbocycles. The Kier molecular flexibility index (Phi) is 10.4. The molecule has 12 nitrogen and oxygen atoms in total. The molecule has 2 saturated heterocycles. The predicted octanol–water partition coefficient (Wildman–Crippen LogP) is -0.00720. The zero-order valence-electron chi connectivity index (χ0n) is 26.4. The molecule has 0 aromatic rings. The summed E-state index contributed by atoms with van der Waals surface area (Å²) >= 11 is 0. The number of Topliss-reactive ketones (excluding diaryl/α,β-unsaturated/α-hetero) is 2. The number of nitrogens with two attached hydrogens (primary N) is 1. The number of nitrogens with one attached hydrogen (secondary N) is 1. The van der Waals surface area contributed by atoms with Crippen LogP contribution in [0.3, 0.4) is 0 Å². The summed E-state index contributed by atoms with van der Waals surface area (Å²) in [5, 5.41) is 55.8. The number of ether oxygens (including phenoxy) is 3. The predicted molar refractivity (Wildman–Crippen MR) is 160 cm³/mol. The Balaban J connectivity index is 1.20. The maximum absolute atomic E-state index is 14.3. The minimum Gasteiger partial charge on any atom is -0.394 e. The van der Waals surface area contributed by atoms with Gasteiger partial charge in [-0.05, 0) is 75.2 Å². The van der Waals surface area contributed by atoms with Crippen LogP contribution < -0.4 is 11.1 Å². The standard InChI is InChI=1S/C33H54N2O10/c1-43-18-11-20-26(22(12-18)44-32-31(42)30(41)28(39)23(15-36)45-32)29(40)25-19(27(20)38)9-16(10-21(25)37)13-33(7-3-2-4-8-33)17-5-6-24(34)35-14-17/h16-26,28,30-32,35-37,39,41-42H,2-15,34H2,1H3/t16?,17?,18?,19?,20?,21?,22?,23-,24?,25?,26?,28-,30+,31-,32+/m1/s1. The second-order valence-corrected chi connectivity index (χ2v) is 15.1. The van der Waals surface area contributed by atoms with Crippen molar-refractivity contribution in [3.05, 3.63) is 0 Å². The van der Waals surface area contributed by atoms with Crippen LogP contribution in [0.15, 0.2) is 0 Å². The average Bonchev–Trinajstić information content (AvgIpc) is 3.04. The van der Waals surface area contributed by atoms with Crippen LogP contribution in [-0.4, -0.2) is 113 Å². The van der Waals surface area contributed by atoms with E-state index in [-0.39, 0.29) is 41.6 Å². The third-order valence-corrected chi connectivity index (χ3v) is 12.6. The van der Waals surface area contributed by atoms with Crippen LogP contribution in [0.5, 0.6) is 0 Å². The van der Waals surface area contributed by atoms with Gasteiger partial charge in [-0.3, -0.25) is 9.59 Å². The molecule has 12 heteroatoms. The minimum atomic E-state index is -1.63. The molecule has 2 aliphatic heterocycles. The first-order chi connectivity index (χ1) is 21.6. The van der Waals surface area contributed by atoms with Crippen LogP contribution in [0.2, 0.25) is 0 Å². The van der Waals surface area contributed by atoms with Crippen molar-refractivity contribution >= 4 is 11.6 Å². The molecule has 0 amide bonds. The van der Waals surface area contributed by atoms with Crippen LogP contribution in [0, 0.1) is 40.9 Å². The van der Waals surface area contributed by atoms with Crippen LogP contribution in [0.1, 0.15) is 77.0 Å². The molecule has 256 valence electrons. The normalized spacial score (nSPS) is 48.8. The van der Waals surface area contributed by atoms with E-state index in [1.54, 1.807) is 7.11 Å². The fourth-order valence-corrected chi connectivity index (χ4v) is 10.3. The van der Waals surface area contributed by atoms with Crippen molar-refractivity contribution in [1.82, 2.24) is 5.32 Å². The third-order valence-electron chi connectivity index (χ3n) is 12.6. The Bertz CT molecular complexity index is 1050. The van der Waals surface area contributed by atoms with Gasteiger partial charge in [0.15, 0.2) is 6.29 Å². The van der Waals surface area contributed by atoms with Gasteiger partial charge in [-0.15, -0.1) is 0 Å². The lowest BCUT2D eigenvalue weighted by Gasteiger charge is -2.53. The maximum Gasteiger partial charge on any atom is 0.186 e. The molecular weight excluding hydrogens is 584 g/mol. The van der Waals surface area contributed by atoms with Gasteiger partial charge in [0.05, 0.1) is 42.9 Å².